The van der Waals surface area contributed by atoms with Crippen molar-refractivity contribution in [3.05, 3.63) is 64.9 Å². The van der Waals surface area contributed by atoms with Crippen LogP contribution >= 0.6 is 0 Å². The van der Waals surface area contributed by atoms with Crippen molar-refractivity contribution in [2.75, 3.05) is 6.79 Å². The van der Waals surface area contributed by atoms with E-state index in [9.17, 15) is 14.7 Å². The van der Waals surface area contributed by atoms with E-state index < -0.39 is 11.9 Å². The third-order valence-electron chi connectivity index (χ3n) is 3.58. The minimum atomic E-state index is -1.23. The molecule has 0 spiro atoms. The van der Waals surface area contributed by atoms with Crippen LogP contribution in [0.5, 0.6) is 11.5 Å². The Morgan fingerprint density at radius 1 is 1.12 bits per heavy atom. The monoisotopic (exact) mass is 325 g/mol. The van der Waals surface area contributed by atoms with Crippen LogP contribution in [0.4, 0.5) is 0 Å². The number of hydrogen-bond donors (Lipinski definition) is 2. The zero-order valence-corrected chi connectivity index (χ0v) is 12.9. The van der Waals surface area contributed by atoms with Crippen molar-refractivity contribution in [2.45, 2.75) is 6.92 Å². The minimum Gasteiger partial charge on any atom is -0.477 e. The smallest absolute Gasteiger partial charge is 0.352 e. The molecular weight excluding hydrogens is 310 g/mol. The fraction of sp³-hybridized carbons (Fsp3) is 0.111. The van der Waals surface area contributed by atoms with E-state index in [4.69, 9.17) is 9.47 Å². The highest BCUT2D eigenvalue weighted by atomic mass is 16.7. The molecule has 2 aromatic carbocycles. The number of benzene rings is 2. The average Bonchev–Trinajstić information content (AvgIpc) is 3.02. The van der Waals surface area contributed by atoms with E-state index in [-0.39, 0.29) is 12.5 Å². The zero-order valence-electron chi connectivity index (χ0n) is 12.9. The summed E-state index contributed by atoms with van der Waals surface area (Å²) in [7, 11) is 0. The maximum absolute atomic E-state index is 12.3. The SMILES string of the molecule is Cc1ccccc1C(=O)N/C(=C/c1ccc2c(c1)OCO2)C(=O)O. The van der Waals surface area contributed by atoms with Crippen molar-refractivity contribution >= 4 is 18.0 Å². The van der Waals surface area contributed by atoms with Crippen LogP contribution in [-0.4, -0.2) is 23.8 Å². The molecule has 0 unspecified atom stereocenters. The Labute approximate surface area is 138 Å². The van der Waals surface area contributed by atoms with E-state index in [0.717, 1.165) is 5.56 Å². The second-order valence-corrected chi connectivity index (χ2v) is 5.24. The van der Waals surface area contributed by atoms with Crippen LogP contribution in [0.3, 0.4) is 0 Å². The Bertz CT molecular complexity index is 841. The Morgan fingerprint density at radius 3 is 2.62 bits per heavy atom. The van der Waals surface area contributed by atoms with Crippen LogP contribution < -0.4 is 14.8 Å². The molecule has 0 fully saturated rings. The number of nitrogens with one attached hydrogen (secondary N) is 1. The van der Waals surface area contributed by atoms with Gasteiger partial charge in [-0.25, -0.2) is 4.79 Å². The van der Waals surface area contributed by atoms with Gasteiger partial charge in [-0.05, 0) is 42.3 Å². The van der Waals surface area contributed by atoms with Gasteiger partial charge in [0.15, 0.2) is 11.5 Å². The summed E-state index contributed by atoms with van der Waals surface area (Å²) in [6.45, 7) is 1.93. The van der Waals surface area contributed by atoms with Crippen molar-refractivity contribution in [2.24, 2.45) is 0 Å². The van der Waals surface area contributed by atoms with Gasteiger partial charge in [-0.2, -0.15) is 0 Å². The van der Waals surface area contributed by atoms with E-state index in [1.54, 1.807) is 43.3 Å². The fourth-order valence-electron chi connectivity index (χ4n) is 2.34. The molecule has 0 bridgehead atoms. The fourth-order valence-corrected chi connectivity index (χ4v) is 2.34. The largest absolute Gasteiger partial charge is 0.477 e. The molecule has 1 heterocycles. The normalized spacial score (nSPS) is 12.8. The van der Waals surface area contributed by atoms with E-state index >= 15 is 0 Å². The van der Waals surface area contributed by atoms with Crippen molar-refractivity contribution < 1.29 is 24.2 Å². The number of amides is 1. The molecule has 6 heteroatoms. The number of carbonyl (C=O) groups excluding carboxylic acids is 1. The van der Waals surface area contributed by atoms with Crippen LogP contribution in [0, 0.1) is 6.92 Å². The number of hydrogen-bond acceptors (Lipinski definition) is 4. The van der Waals surface area contributed by atoms with Gasteiger partial charge >= 0.3 is 5.97 Å². The Morgan fingerprint density at radius 2 is 1.88 bits per heavy atom. The Balaban J connectivity index is 1.86. The highest BCUT2D eigenvalue weighted by Gasteiger charge is 2.16. The molecule has 2 aromatic rings. The first-order valence-electron chi connectivity index (χ1n) is 7.26. The molecule has 0 aromatic heterocycles. The third kappa shape index (κ3) is 3.22. The first-order valence-corrected chi connectivity index (χ1v) is 7.26. The highest BCUT2D eigenvalue weighted by Crippen LogP contribution is 2.33. The molecule has 0 atom stereocenters. The topological polar surface area (TPSA) is 84.9 Å². The van der Waals surface area contributed by atoms with E-state index in [0.29, 0.717) is 22.6 Å². The summed E-state index contributed by atoms with van der Waals surface area (Å²) in [5, 5.41) is 11.8. The van der Waals surface area contributed by atoms with Gasteiger partial charge in [-0.15, -0.1) is 0 Å². The van der Waals surface area contributed by atoms with Gasteiger partial charge in [-0.1, -0.05) is 24.3 Å². The zero-order chi connectivity index (χ0) is 17.1. The number of aliphatic carboxylic acids is 1. The molecule has 0 saturated carbocycles. The molecule has 1 aliphatic heterocycles. The maximum Gasteiger partial charge on any atom is 0.352 e. The second-order valence-electron chi connectivity index (χ2n) is 5.24. The van der Waals surface area contributed by atoms with E-state index in [2.05, 4.69) is 5.32 Å². The number of rotatable bonds is 4. The summed E-state index contributed by atoms with van der Waals surface area (Å²) in [4.78, 5) is 23.7. The summed E-state index contributed by atoms with van der Waals surface area (Å²) in [5.41, 5.74) is 1.56. The van der Waals surface area contributed by atoms with Crippen LogP contribution in [0.2, 0.25) is 0 Å². The predicted octanol–water partition coefficient (Wildman–Crippen LogP) is 2.58. The summed E-state index contributed by atoms with van der Waals surface area (Å²) in [5.74, 6) is -0.552. The van der Waals surface area contributed by atoms with Gasteiger partial charge in [0, 0.05) is 5.56 Å². The lowest BCUT2D eigenvalue weighted by molar-refractivity contribution is -0.132. The van der Waals surface area contributed by atoms with Crippen molar-refractivity contribution in [3.8, 4) is 11.5 Å². The van der Waals surface area contributed by atoms with Gasteiger partial charge in [0.1, 0.15) is 5.70 Å². The number of carbonyl (C=O) groups is 2. The molecule has 3 rings (SSSR count). The molecule has 1 aliphatic rings. The number of fused-ring (bicyclic) bond motifs is 1. The lowest BCUT2D eigenvalue weighted by atomic mass is 10.1. The summed E-state index contributed by atoms with van der Waals surface area (Å²) < 4.78 is 10.5. The number of carboxylic acid groups (broad SMARTS) is 1. The number of ether oxygens (including phenoxy) is 2. The van der Waals surface area contributed by atoms with Gasteiger partial charge in [0.25, 0.3) is 5.91 Å². The summed E-state index contributed by atoms with van der Waals surface area (Å²) in [6, 6.07) is 12.0. The quantitative estimate of drug-likeness (QED) is 0.844. The lowest BCUT2D eigenvalue weighted by Crippen LogP contribution is -2.27. The first kappa shape index (κ1) is 15.6. The molecule has 24 heavy (non-hydrogen) atoms. The molecular formula is C18H15NO5. The molecule has 122 valence electrons. The van der Waals surface area contributed by atoms with E-state index in [1.807, 2.05) is 6.07 Å². The second kappa shape index (κ2) is 6.45. The minimum absolute atomic E-state index is 0.137. The van der Waals surface area contributed by atoms with Crippen molar-refractivity contribution in [1.29, 1.82) is 0 Å². The molecule has 0 aliphatic carbocycles. The van der Waals surface area contributed by atoms with Gasteiger partial charge in [-0.3, -0.25) is 4.79 Å². The van der Waals surface area contributed by atoms with Crippen molar-refractivity contribution in [3.63, 3.8) is 0 Å². The molecule has 1 amide bonds. The maximum atomic E-state index is 12.3. The van der Waals surface area contributed by atoms with Crippen LogP contribution in [0.25, 0.3) is 6.08 Å². The molecule has 0 saturated heterocycles. The van der Waals surface area contributed by atoms with Crippen molar-refractivity contribution in [1.82, 2.24) is 5.32 Å². The standard InChI is InChI=1S/C18H15NO5/c1-11-4-2-3-5-13(11)17(20)19-14(18(21)22)8-12-6-7-15-16(9-12)24-10-23-15/h2-9H,10H2,1H3,(H,19,20)(H,21,22)/b14-8+. The third-order valence-corrected chi connectivity index (χ3v) is 3.58. The van der Waals surface area contributed by atoms with E-state index in [1.165, 1.54) is 6.08 Å². The van der Waals surface area contributed by atoms with Crippen LogP contribution in [-0.2, 0) is 4.79 Å². The summed E-state index contributed by atoms with van der Waals surface area (Å²) >= 11 is 0. The Kier molecular flexibility index (Phi) is 4.20. The Hall–Kier alpha value is -3.28. The van der Waals surface area contributed by atoms with Crippen LogP contribution in [0.15, 0.2) is 48.2 Å². The average molecular weight is 325 g/mol. The van der Waals surface area contributed by atoms with Crippen LogP contribution in [0.1, 0.15) is 21.5 Å². The summed E-state index contributed by atoms with van der Waals surface area (Å²) in [6.07, 6.45) is 1.38. The molecule has 0 radical (unpaired) electrons. The predicted molar refractivity (Wildman–Crippen MR) is 86.8 cm³/mol. The molecule has 2 N–H and O–H groups in total. The number of aryl methyl sites for hydroxylation is 1. The first-order chi connectivity index (χ1) is 11.5. The number of carboxylic acids is 1. The van der Waals surface area contributed by atoms with Gasteiger partial charge in [0.2, 0.25) is 6.79 Å². The van der Waals surface area contributed by atoms with Gasteiger partial charge < -0.3 is 19.9 Å². The molecule has 6 nitrogen and oxygen atoms in total. The van der Waals surface area contributed by atoms with Gasteiger partial charge in [0.05, 0.1) is 0 Å². The highest BCUT2D eigenvalue weighted by molar-refractivity contribution is 6.03. The lowest BCUT2D eigenvalue weighted by Gasteiger charge is -2.08.